The molecule has 66 valence electrons. The highest BCUT2D eigenvalue weighted by Gasteiger charge is 2.26. The summed E-state index contributed by atoms with van der Waals surface area (Å²) in [4.78, 5) is 0. The molecule has 1 aromatic carbocycles. The molecule has 2 atom stereocenters. The van der Waals surface area contributed by atoms with Gasteiger partial charge in [-0.25, -0.2) is 0 Å². The summed E-state index contributed by atoms with van der Waals surface area (Å²) in [5, 5.41) is 9.52. The molecule has 12 heavy (non-hydrogen) atoms. The highest BCUT2D eigenvalue weighted by atomic mass is 35.5. The van der Waals surface area contributed by atoms with Gasteiger partial charge < -0.3 is 10.8 Å². The predicted molar refractivity (Wildman–Crippen MR) is 50.3 cm³/mol. The van der Waals surface area contributed by atoms with Crippen LogP contribution < -0.4 is 5.73 Å². The molecule has 0 fully saturated rings. The molecule has 0 spiro atoms. The summed E-state index contributed by atoms with van der Waals surface area (Å²) in [6.07, 6.45) is 0.350. The summed E-state index contributed by atoms with van der Waals surface area (Å²) in [5.41, 5.74) is 7.87. The lowest BCUT2D eigenvalue weighted by molar-refractivity contribution is 0.159. The number of nitrogens with two attached hydrogens (primary N) is 1. The maximum Gasteiger partial charge on any atom is 0.0946 e. The summed E-state index contributed by atoms with van der Waals surface area (Å²) in [6.45, 7) is 0. The molecule has 1 aromatic rings. The van der Waals surface area contributed by atoms with Crippen LogP contribution in [0.2, 0.25) is 0 Å². The third kappa shape index (κ3) is 1.33. The van der Waals surface area contributed by atoms with Crippen molar-refractivity contribution in [2.75, 3.05) is 0 Å². The van der Waals surface area contributed by atoms with Gasteiger partial charge in [0.2, 0.25) is 0 Å². The van der Waals surface area contributed by atoms with Crippen LogP contribution in [0.4, 0.5) is 0 Å². The van der Waals surface area contributed by atoms with Crippen molar-refractivity contribution in [2.24, 2.45) is 5.73 Å². The third-order valence-electron chi connectivity index (χ3n) is 2.23. The molecule has 2 nitrogen and oxygen atoms in total. The van der Waals surface area contributed by atoms with Crippen molar-refractivity contribution < 1.29 is 5.11 Å². The number of hydrogen-bond donors (Lipinski definition) is 2. The van der Waals surface area contributed by atoms with Gasteiger partial charge >= 0.3 is 0 Å². The summed E-state index contributed by atoms with van der Waals surface area (Å²) in [6, 6.07) is 7.76. The summed E-state index contributed by atoms with van der Waals surface area (Å²) >= 11 is 0. The fourth-order valence-corrected chi connectivity index (χ4v) is 1.60. The average Bonchev–Trinajstić information content (AvgIpc) is 2.30. The molecule has 0 aliphatic heterocycles. The lowest BCUT2D eigenvalue weighted by atomic mass is 10.1. The minimum Gasteiger partial charge on any atom is -0.387 e. The Hall–Kier alpha value is -0.570. The van der Waals surface area contributed by atoms with Crippen molar-refractivity contribution in [3.05, 3.63) is 35.4 Å². The van der Waals surface area contributed by atoms with Gasteiger partial charge in [-0.15, -0.1) is 12.4 Å². The Balaban J connectivity index is 0.000000720. The van der Waals surface area contributed by atoms with Gasteiger partial charge in [0.05, 0.1) is 6.10 Å². The largest absolute Gasteiger partial charge is 0.387 e. The van der Waals surface area contributed by atoms with Crippen molar-refractivity contribution in [3.8, 4) is 0 Å². The molecule has 3 N–H and O–H groups in total. The first-order valence-electron chi connectivity index (χ1n) is 3.80. The summed E-state index contributed by atoms with van der Waals surface area (Å²) in [5.74, 6) is 0. The molecule has 0 amide bonds. The van der Waals surface area contributed by atoms with Crippen LogP contribution >= 0.6 is 12.4 Å². The zero-order valence-corrected chi connectivity index (χ0v) is 7.42. The molecule has 0 bridgehead atoms. The minimum atomic E-state index is -0.453. The first-order valence-corrected chi connectivity index (χ1v) is 3.80. The second-order valence-corrected chi connectivity index (χ2v) is 3.01. The highest BCUT2D eigenvalue weighted by Crippen LogP contribution is 2.29. The van der Waals surface area contributed by atoms with Crippen LogP contribution in [0.1, 0.15) is 17.2 Å². The molecule has 0 saturated heterocycles. The number of rotatable bonds is 0. The SMILES string of the molecule is Cl.N[C@H]1Cc2ccccc2[C@H]1O. The van der Waals surface area contributed by atoms with Crippen LogP contribution in [0.3, 0.4) is 0 Å². The zero-order chi connectivity index (χ0) is 7.84. The molecule has 3 heteroatoms. The lowest BCUT2D eigenvalue weighted by Crippen LogP contribution is -2.24. The number of fused-ring (bicyclic) bond motifs is 1. The van der Waals surface area contributed by atoms with Crippen molar-refractivity contribution in [2.45, 2.75) is 18.6 Å². The number of aliphatic hydroxyl groups is 1. The number of benzene rings is 1. The minimum absolute atomic E-state index is 0. The summed E-state index contributed by atoms with van der Waals surface area (Å²) in [7, 11) is 0. The molecule has 0 heterocycles. The molecular weight excluding hydrogens is 174 g/mol. The summed E-state index contributed by atoms with van der Waals surface area (Å²) < 4.78 is 0. The van der Waals surface area contributed by atoms with Crippen molar-refractivity contribution in [1.82, 2.24) is 0 Å². The maximum absolute atomic E-state index is 9.52. The monoisotopic (exact) mass is 185 g/mol. The van der Waals surface area contributed by atoms with E-state index in [1.54, 1.807) is 0 Å². The first-order chi connectivity index (χ1) is 5.29. The maximum atomic E-state index is 9.52. The van der Waals surface area contributed by atoms with Gasteiger partial charge in [0, 0.05) is 6.04 Å². The molecular formula is C9H12ClNO. The second-order valence-electron chi connectivity index (χ2n) is 3.01. The van der Waals surface area contributed by atoms with Crippen LogP contribution in [0.5, 0.6) is 0 Å². The van der Waals surface area contributed by atoms with E-state index in [-0.39, 0.29) is 18.4 Å². The van der Waals surface area contributed by atoms with Crippen LogP contribution in [0.15, 0.2) is 24.3 Å². The van der Waals surface area contributed by atoms with Crippen LogP contribution in [-0.4, -0.2) is 11.1 Å². The van der Waals surface area contributed by atoms with E-state index in [2.05, 4.69) is 0 Å². The molecule has 0 saturated carbocycles. The van der Waals surface area contributed by atoms with Gasteiger partial charge in [0.15, 0.2) is 0 Å². The van der Waals surface area contributed by atoms with Crippen LogP contribution in [-0.2, 0) is 6.42 Å². The first kappa shape index (κ1) is 9.52. The Morgan fingerprint density at radius 3 is 2.67 bits per heavy atom. The molecule has 1 aliphatic rings. The standard InChI is InChI=1S/C9H11NO.ClH/c10-8-5-6-3-1-2-4-7(6)9(8)11;/h1-4,8-9,11H,5,10H2;1H/t8-,9+;/m0./s1. The zero-order valence-electron chi connectivity index (χ0n) is 6.60. The quantitative estimate of drug-likeness (QED) is 0.634. The van der Waals surface area contributed by atoms with E-state index in [0.717, 1.165) is 12.0 Å². The van der Waals surface area contributed by atoms with Gasteiger partial charge in [-0.3, -0.25) is 0 Å². The molecule has 2 rings (SSSR count). The second kappa shape index (κ2) is 3.44. The topological polar surface area (TPSA) is 46.2 Å². The molecule has 1 aliphatic carbocycles. The Kier molecular flexibility index (Phi) is 2.73. The highest BCUT2D eigenvalue weighted by molar-refractivity contribution is 5.85. The Morgan fingerprint density at radius 2 is 2.00 bits per heavy atom. The fourth-order valence-electron chi connectivity index (χ4n) is 1.60. The van der Waals surface area contributed by atoms with Crippen molar-refractivity contribution >= 4 is 12.4 Å². The number of halogens is 1. The van der Waals surface area contributed by atoms with E-state index < -0.39 is 6.10 Å². The Bertz CT molecular complexity index is 277. The van der Waals surface area contributed by atoms with Gasteiger partial charge in [-0.05, 0) is 17.5 Å². The Labute approximate surface area is 77.8 Å². The van der Waals surface area contributed by atoms with E-state index in [0.29, 0.717) is 0 Å². The number of aliphatic hydroxyl groups excluding tert-OH is 1. The average molecular weight is 186 g/mol. The van der Waals surface area contributed by atoms with Gasteiger partial charge in [0.1, 0.15) is 0 Å². The molecule has 0 radical (unpaired) electrons. The van der Waals surface area contributed by atoms with Gasteiger partial charge in [-0.1, -0.05) is 24.3 Å². The van der Waals surface area contributed by atoms with E-state index in [1.807, 2.05) is 24.3 Å². The Morgan fingerprint density at radius 1 is 1.33 bits per heavy atom. The van der Waals surface area contributed by atoms with E-state index in [9.17, 15) is 5.11 Å². The van der Waals surface area contributed by atoms with Crippen LogP contribution in [0.25, 0.3) is 0 Å². The van der Waals surface area contributed by atoms with Crippen molar-refractivity contribution in [1.29, 1.82) is 0 Å². The third-order valence-corrected chi connectivity index (χ3v) is 2.23. The van der Waals surface area contributed by atoms with Crippen LogP contribution in [0, 0.1) is 0 Å². The normalized spacial score (nSPS) is 26.2. The van der Waals surface area contributed by atoms with E-state index >= 15 is 0 Å². The van der Waals surface area contributed by atoms with Gasteiger partial charge in [0.25, 0.3) is 0 Å². The van der Waals surface area contributed by atoms with E-state index in [1.165, 1.54) is 5.56 Å². The smallest absolute Gasteiger partial charge is 0.0946 e. The predicted octanol–water partition coefficient (Wildman–Crippen LogP) is 1.03. The van der Waals surface area contributed by atoms with Gasteiger partial charge in [-0.2, -0.15) is 0 Å². The fraction of sp³-hybridized carbons (Fsp3) is 0.333. The molecule has 0 aromatic heterocycles. The van der Waals surface area contributed by atoms with E-state index in [4.69, 9.17) is 5.73 Å². The van der Waals surface area contributed by atoms with Crippen molar-refractivity contribution in [3.63, 3.8) is 0 Å². The lowest BCUT2D eigenvalue weighted by Gasteiger charge is -2.07. The number of hydrogen-bond acceptors (Lipinski definition) is 2. The molecule has 0 unspecified atom stereocenters.